The molecule has 0 N–H and O–H groups in total. The lowest BCUT2D eigenvalue weighted by Crippen LogP contribution is -2.33. The van der Waals surface area contributed by atoms with E-state index in [0.717, 1.165) is 6.42 Å². The van der Waals surface area contributed by atoms with Crippen molar-refractivity contribution in [1.29, 1.82) is 0 Å². The molecule has 2 atom stereocenters. The summed E-state index contributed by atoms with van der Waals surface area (Å²) in [7, 11) is 0. The van der Waals surface area contributed by atoms with Gasteiger partial charge in [0.25, 0.3) is 0 Å². The van der Waals surface area contributed by atoms with E-state index in [-0.39, 0.29) is 12.2 Å². The molecule has 0 aromatic heterocycles. The maximum absolute atomic E-state index is 6.31. The van der Waals surface area contributed by atoms with Crippen LogP contribution in [-0.2, 0) is 20.8 Å². The number of unbranched alkanes of at least 4 members (excludes halogenated alkanes) is 12. The first kappa shape index (κ1) is 26.4. The molecule has 0 amide bonds. The van der Waals surface area contributed by atoms with E-state index in [1.54, 1.807) is 0 Å². The Balaban J connectivity index is 1.55. The molecule has 1 fully saturated rings. The Labute approximate surface area is 192 Å². The summed E-state index contributed by atoms with van der Waals surface area (Å²) < 4.78 is 18.2. The van der Waals surface area contributed by atoms with Crippen molar-refractivity contribution >= 4 is 0 Å². The third kappa shape index (κ3) is 12.1. The van der Waals surface area contributed by atoms with Crippen molar-refractivity contribution in [2.24, 2.45) is 0 Å². The molecule has 1 aliphatic rings. The molecule has 178 valence electrons. The summed E-state index contributed by atoms with van der Waals surface area (Å²) in [6.45, 7) is 7.55. The van der Waals surface area contributed by atoms with E-state index < -0.39 is 5.79 Å². The van der Waals surface area contributed by atoms with Crippen LogP contribution in [0.5, 0.6) is 0 Å². The Kier molecular flexibility index (Phi) is 13.5. The van der Waals surface area contributed by atoms with Crippen LogP contribution in [0.2, 0.25) is 0 Å². The number of hydrogen-bond donors (Lipinski definition) is 0. The van der Waals surface area contributed by atoms with Crippen molar-refractivity contribution in [3.63, 3.8) is 0 Å². The zero-order valence-electron chi connectivity index (χ0n) is 20.6. The van der Waals surface area contributed by atoms with Crippen LogP contribution in [0.4, 0.5) is 0 Å². The Morgan fingerprint density at radius 2 is 1.39 bits per heavy atom. The van der Waals surface area contributed by atoms with E-state index in [1.807, 2.05) is 19.9 Å². The molecule has 0 unspecified atom stereocenters. The van der Waals surface area contributed by atoms with Gasteiger partial charge in [-0.2, -0.15) is 0 Å². The lowest BCUT2D eigenvalue weighted by atomic mass is 10.0. The average molecular weight is 433 g/mol. The molecule has 0 saturated carbocycles. The van der Waals surface area contributed by atoms with Crippen LogP contribution < -0.4 is 0 Å². The third-order valence-corrected chi connectivity index (χ3v) is 6.34. The van der Waals surface area contributed by atoms with Gasteiger partial charge in [0, 0.05) is 0 Å². The second-order valence-electron chi connectivity index (χ2n) is 9.73. The molecule has 1 saturated heterocycles. The van der Waals surface area contributed by atoms with Crippen LogP contribution in [0, 0.1) is 0 Å². The molecule has 1 aromatic rings. The highest BCUT2D eigenvalue weighted by molar-refractivity contribution is 5.13. The molecule has 3 heteroatoms. The smallest absolute Gasteiger partial charge is 0.163 e. The van der Waals surface area contributed by atoms with E-state index in [0.29, 0.717) is 13.2 Å². The highest BCUT2D eigenvalue weighted by Gasteiger charge is 2.37. The fourth-order valence-corrected chi connectivity index (χ4v) is 4.42. The largest absolute Gasteiger partial charge is 0.371 e. The van der Waals surface area contributed by atoms with Gasteiger partial charge in [-0.1, -0.05) is 121 Å². The minimum absolute atomic E-state index is 0.0380. The van der Waals surface area contributed by atoms with Crippen LogP contribution in [0.1, 0.15) is 116 Å². The normalized spacial score (nSPS) is 19.0. The first-order valence-corrected chi connectivity index (χ1v) is 13.1. The van der Waals surface area contributed by atoms with Crippen molar-refractivity contribution in [2.45, 2.75) is 135 Å². The first-order chi connectivity index (χ1) is 15.1. The Morgan fingerprint density at radius 3 is 1.90 bits per heavy atom. The molecular weight excluding hydrogens is 384 g/mol. The average Bonchev–Trinajstić information content (AvgIpc) is 3.13. The molecule has 31 heavy (non-hydrogen) atoms. The van der Waals surface area contributed by atoms with Gasteiger partial charge in [0.05, 0.1) is 19.3 Å². The second-order valence-corrected chi connectivity index (χ2v) is 9.73. The highest BCUT2D eigenvalue weighted by atomic mass is 16.7. The number of ether oxygens (including phenoxy) is 3. The summed E-state index contributed by atoms with van der Waals surface area (Å²) >= 11 is 0. The molecule has 1 aromatic carbocycles. The monoisotopic (exact) mass is 432 g/mol. The van der Waals surface area contributed by atoms with E-state index in [4.69, 9.17) is 14.2 Å². The molecule has 0 aliphatic carbocycles. The summed E-state index contributed by atoms with van der Waals surface area (Å²) in [5.41, 5.74) is 1.22. The van der Waals surface area contributed by atoms with Crippen molar-refractivity contribution in [3.8, 4) is 0 Å². The quantitative estimate of drug-likeness (QED) is 0.219. The number of rotatable bonds is 18. The minimum atomic E-state index is -0.491. The van der Waals surface area contributed by atoms with Crippen molar-refractivity contribution in [1.82, 2.24) is 0 Å². The summed E-state index contributed by atoms with van der Waals surface area (Å²) in [4.78, 5) is 0. The van der Waals surface area contributed by atoms with Gasteiger partial charge in [-0.25, -0.2) is 0 Å². The Morgan fingerprint density at radius 1 is 0.839 bits per heavy atom. The molecule has 2 rings (SSSR count). The van der Waals surface area contributed by atoms with Gasteiger partial charge in [-0.15, -0.1) is 0 Å². The molecule has 0 spiro atoms. The second kappa shape index (κ2) is 15.8. The standard InChI is InChI=1S/C28H48O3/c1-4-5-6-7-8-9-10-11-12-13-14-15-19-22-26(27-24-30-28(2,3)31-27)29-23-25-20-17-16-18-21-25/h16-18,20-21,26-27H,4-15,19,22-24H2,1-3H3/t26-,27-/m1/s1. The van der Waals surface area contributed by atoms with Crippen molar-refractivity contribution < 1.29 is 14.2 Å². The van der Waals surface area contributed by atoms with Crippen molar-refractivity contribution in [2.75, 3.05) is 6.61 Å². The highest BCUT2D eigenvalue weighted by Crippen LogP contribution is 2.28. The zero-order valence-corrected chi connectivity index (χ0v) is 20.6. The molecule has 1 heterocycles. The summed E-state index contributed by atoms with van der Waals surface area (Å²) in [5.74, 6) is -0.491. The number of benzene rings is 1. The molecule has 1 aliphatic heterocycles. The van der Waals surface area contributed by atoms with Crippen LogP contribution in [0.15, 0.2) is 30.3 Å². The van der Waals surface area contributed by atoms with Gasteiger partial charge in [0.15, 0.2) is 5.79 Å². The van der Waals surface area contributed by atoms with Gasteiger partial charge < -0.3 is 14.2 Å². The zero-order chi connectivity index (χ0) is 22.2. The summed E-state index contributed by atoms with van der Waals surface area (Å²) in [6.07, 6.45) is 19.2. The van der Waals surface area contributed by atoms with Gasteiger partial charge in [0.2, 0.25) is 0 Å². The van der Waals surface area contributed by atoms with Gasteiger partial charge >= 0.3 is 0 Å². The van der Waals surface area contributed by atoms with Gasteiger partial charge in [-0.3, -0.25) is 0 Å². The third-order valence-electron chi connectivity index (χ3n) is 6.34. The molecule has 0 bridgehead atoms. The first-order valence-electron chi connectivity index (χ1n) is 13.1. The summed E-state index contributed by atoms with van der Waals surface area (Å²) in [5, 5.41) is 0. The lowest BCUT2D eigenvalue weighted by Gasteiger charge is -2.25. The lowest BCUT2D eigenvalue weighted by molar-refractivity contribution is -0.158. The predicted octanol–water partition coefficient (Wildman–Crippen LogP) is 8.20. The maximum atomic E-state index is 6.31. The molecular formula is C28H48O3. The molecule has 0 radical (unpaired) electrons. The van der Waals surface area contributed by atoms with Crippen LogP contribution in [-0.4, -0.2) is 24.6 Å². The van der Waals surface area contributed by atoms with E-state index in [2.05, 4.69) is 31.2 Å². The van der Waals surface area contributed by atoms with E-state index >= 15 is 0 Å². The SMILES string of the molecule is CCCCCCCCCCCCCCC[C@@H](OCc1ccccc1)[C@H]1COC(C)(C)O1. The van der Waals surface area contributed by atoms with Crippen molar-refractivity contribution in [3.05, 3.63) is 35.9 Å². The fourth-order valence-electron chi connectivity index (χ4n) is 4.42. The number of hydrogen-bond acceptors (Lipinski definition) is 3. The minimum Gasteiger partial charge on any atom is -0.371 e. The summed E-state index contributed by atoms with van der Waals surface area (Å²) in [6, 6.07) is 10.4. The maximum Gasteiger partial charge on any atom is 0.163 e. The predicted molar refractivity (Wildman–Crippen MR) is 130 cm³/mol. The van der Waals surface area contributed by atoms with Gasteiger partial charge in [-0.05, 0) is 25.8 Å². The Hall–Kier alpha value is -0.900. The molecule has 3 nitrogen and oxygen atoms in total. The van der Waals surface area contributed by atoms with Crippen LogP contribution in [0.3, 0.4) is 0 Å². The van der Waals surface area contributed by atoms with E-state index in [1.165, 1.54) is 89.0 Å². The fraction of sp³-hybridized carbons (Fsp3) is 0.786. The van der Waals surface area contributed by atoms with E-state index in [9.17, 15) is 0 Å². The van der Waals surface area contributed by atoms with Gasteiger partial charge in [0.1, 0.15) is 6.10 Å². The Bertz CT molecular complexity index is 542. The topological polar surface area (TPSA) is 27.7 Å². The van der Waals surface area contributed by atoms with Crippen LogP contribution >= 0.6 is 0 Å². The van der Waals surface area contributed by atoms with Crippen LogP contribution in [0.25, 0.3) is 0 Å².